The molecule has 5 nitrogen and oxygen atoms in total. The maximum atomic E-state index is 11.7. The van der Waals surface area contributed by atoms with E-state index >= 15 is 0 Å². The summed E-state index contributed by atoms with van der Waals surface area (Å²) in [5, 5.41) is 13.5. The van der Waals surface area contributed by atoms with E-state index in [-0.39, 0.29) is 6.03 Å². The van der Waals surface area contributed by atoms with E-state index in [1.807, 2.05) is 17.5 Å². The Bertz CT molecular complexity index is 406. The number of carbonyl (C=O) groups excluding carboxylic acids is 1. The van der Waals surface area contributed by atoms with Gasteiger partial charge in [-0.3, -0.25) is 4.79 Å². The summed E-state index contributed by atoms with van der Waals surface area (Å²) < 4.78 is 0. The molecule has 2 amide bonds. The molecule has 0 aliphatic rings. The highest BCUT2D eigenvalue weighted by molar-refractivity contribution is 7.09. The Labute approximate surface area is 117 Å². The van der Waals surface area contributed by atoms with Crippen molar-refractivity contribution in [2.75, 3.05) is 20.1 Å². The summed E-state index contributed by atoms with van der Waals surface area (Å²) in [6, 6.07) is 3.88. The molecule has 0 bridgehead atoms. The minimum Gasteiger partial charge on any atom is -0.481 e. The van der Waals surface area contributed by atoms with Crippen molar-refractivity contribution in [3.8, 4) is 0 Å². The summed E-state index contributed by atoms with van der Waals surface area (Å²) in [5.41, 5.74) is 0. The molecule has 0 saturated carbocycles. The standard InChI is InChI=1S/C13H20N2O3S/c1-10(12(16)17)5-7-14-13(18)15(2)8-6-11-4-3-9-19-11/h3-4,9-10H,5-8H2,1-2H3,(H,14,18)(H,16,17). The second kappa shape index (κ2) is 7.78. The van der Waals surface area contributed by atoms with Gasteiger partial charge in [-0.1, -0.05) is 13.0 Å². The van der Waals surface area contributed by atoms with E-state index in [2.05, 4.69) is 5.32 Å². The number of nitrogens with one attached hydrogen (secondary N) is 1. The van der Waals surface area contributed by atoms with Crippen LogP contribution in [0, 0.1) is 5.92 Å². The molecule has 2 N–H and O–H groups in total. The predicted molar refractivity (Wildman–Crippen MR) is 75.5 cm³/mol. The monoisotopic (exact) mass is 284 g/mol. The second-order valence-corrected chi connectivity index (χ2v) is 5.54. The van der Waals surface area contributed by atoms with E-state index in [1.54, 1.807) is 30.2 Å². The van der Waals surface area contributed by atoms with Crippen LogP contribution in [0.3, 0.4) is 0 Å². The van der Waals surface area contributed by atoms with Crippen LogP contribution in [0.25, 0.3) is 0 Å². The molecule has 0 aliphatic carbocycles. The number of urea groups is 1. The van der Waals surface area contributed by atoms with Crippen molar-refractivity contribution in [1.29, 1.82) is 0 Å². The Morgan fingerprint density at radius 2 is 2.26 bits per heavy atom. The van der Waals surface area contributed by atoms with Gasteiger partial charge in [0.05, 0.1) is 5.92 Å². The minimum absolute atomic E-state index is 0.158. The molecule has 0 aliphatic heterocycles. The van der Waals surface area contributed by atoms with Gasteiger partial charge in [0, 0.05) is 25.0 Å². The fourth-order valence-electron chi connectivity index (χ4n) is 1.49. The van der Waals surface area contributed by atoms with Crippen LogP contribution < -0.4 is 5.32 Å². The van der Waals surface area contributed by atoms with E-state index in [0.717, 1.165) is 6.42 Å². The molecule has 1 rings (SSSR count). The van der Waals surface area contributed by atoms with Crippen molar-refractivity contribution in [2.45, 2.75) is 19.8 Å². The van der Waals surface area contributed by atoms with Crippen LogP contribution in [0.15, 0.2) is 17.5 Å². The Kier molecular flexibility index (Phi) is 6.35. The highest BCUT2D eigenvalue weighted by Gasteiger charge is 2.12. The van der Waals surface area contributed by atoms with Crippen molar-refractivity contribution in [1.82, 2.24) is 10.2 Å². The molecule has 0 spiro atoms. The zero-order chi connectivity index (χ0) is 14.3. The Morgan fingerprint density at radius 3 is 2.84 bits per heavy atom. The Balaban J connectivity index is 2.19. The van der Waals surface area contributed by atoms with Crippen molar-refractivity contribution in [2.24, 2.45) is 5.92 Å². The van der Waals surface area contributed by atoms with Crippen molar-refractivity contribution in [3.05, 3.63) is 22.4 Å². The number of rotatable bonds is 7. The maximum absolute atomic E-state index is 11.7. The van der Waals surface area contributed by atoms with Crippen molar-refractivity contribution < 1.29 is 14.7 Å². The molecule has 0 aromatic carbocycles. The molecular weight excluding hydrogens is 264 g/mol. The average Bonchev–Trinajstić information content (AvgIpc) is 2.88. The normalized spacial score (nSPS) is 11.9. The molecule has 0 saturated heterocycles. The van der Waals surface area contributed by atoms with Crippen LogP contribution in [0.2, 0.25) is 0 Å². The van der Waals surface area contributed by atoms with E-state index in [0.29, 0.717) is 19.5 Å². The molecule has 1 atom stereocenters. The molecular formula is C13H20N2O3S. The number of likely N-dealkylation sites (N-methyl/N-ethyl adjacent to an activating group) is 1. The molecule has 0 fully saturated rings. The van der Waals surface area contributed by atoms with Crippen LogP contribution in [0.1, 0.15) is 18.2 Å². The number of carboxylic acids is 1. The topological polar surface area (TPSA) is 69.6 Å². The molecule has 106 valence electrons. The van der Waals surface area contributed by atoms with Gasteiger partial charge >= 0.3 is 12.0 Å². The van der Waals surface area contributed by atoms with Crippen LogP contribution in [0.4, 0.5) is 4.79 Å². The van der Waals surface area contributed by atoms with Gasteiger partial charge in [0.15, 0.2) is 0 Å². The molecule has 1 unspecified atom stereocenters. The Hall–Kier alpha value is -1.56. The lowest BCUT2D eigenvalue weighted by atomic mass is 10.1. The lowest BCUT2D eigenvalue weighted by Gasteiger charge is -2.18. The molecule has 1 aromatic rings. The van der Waals surface area contributed by atoms with Crippen LogP contribution in [-0.4, -0.2) is 42.1 Å². The quantitative estimate of drug-likeness (QED) is 0.805. The number of hydrogen-bond donors (Lipinski definition) is 2. The van der Waals surface area contributed by atoms with Gasteiger partial charge in [0.2, 0.25) is 0 Å². The smallest absolute Gasteiger partial charge is 0.317 e. The largest absolute Gasteiger partial charge is 0.481 e. The highest BCUT2D eigenvalue weighted by Crippen LogP contribution is 2.09. The number of aliphatic carboxylic acids is 1. The summed E-state index contributed by atoms with van der Waals surface area (Å²) in [6.45, 7) is 2.67. The highest BCUT2D eigenvalue weighted by atomic mass is 32.1. The molecule has 0 radical (unpaired) electrons. The third-order valence-corrected chi connectivity index (χ3v) is 3.83. The van der Waals surface area contributed by atoms with Gasteiger partial charge in [0.1, 0.15) is 0 Å². The molecule has 1 heterocycles. The number of thiophene rings is 1. The lowest BCUT2D eigenvalue weighted by Crippen LogP contribution is -2.39. The Morgan fingerprint density at radius 1 is 1.53 bits per heavy atom. The average molecular weight is 284 g/mol. The number of amides is 2. The fraction of sp³-hybridized carbons (Fsp3) is 0.538. The summed E-state index contributed by atoms with van der Waals surface area (Å²) >= 11 is 1.68. The van der Waals surface area contributed by atoms with Gasteiger partial charge in [0.25, 0.3) is 0 Å². The lowest BCUT2D eigenvalue weighted by molar-refractivity contribution is -0.141. The minimum atomic E-state index is -0.833. The summed E-state index contributed by atoms with van der Waals surface area (Å²) in [7, 11) is 1.74. The third-order valence-electron chi connectivity index (χ3n) is 2.90. The first-order chi connectivity index (χ1) is 9.00. The third kappa shape index (κ3) is 5.74. The zero-order valence-electron chi connectivity index (χ0n) is 11.3. The predicted octanol–water partition coefficient (Wildman–Crippen LogP) is 2.04. The molecule has 6 heteroatoms. The fourth-order valence-corrected chi connectivity index (χ4v) is 2.19. The second-order valence-electron chi connectivity index (χ2n) is 4.51. The van der Waals surface area contributed by atoms with Gasteiger partial charge in [-0.15, -0.1) is 11.3 Å². The number of hydrogen-bond acceptors (Lipinski definition) is 3. The molecule has 19 heavy (non-hydrogen) atoms. The van der Waals surface area contributed by atoms with E-state index in [9.17, 15) is 9.59 Å². The SMILES string of the molecule is CC(CCNC(=O)N(C)CCc1cccs1)C(=O)O. The van der Waals surface area contributed by atoms with E-state index in [4.69, 9.17) is 5.11 Å². The van der Waals surface area contributed by atoms with E-state index < -0.39 is 11.9 Å². The first kappa shape index (κ1) is 15.5. The van der Waals surface area contributed by atoms with Gasteiger partial charge in [-0.05, 0) is 24.3 Å². The van der Waals surface area contributed by atoms with Crippen LogP contribution in [-0.2, 0) is 11.2 Å². The summed E-state index contributed by atoms with van der Waals surface area (Å²) in [4.78, 5) is 25.2. The van der Waals surface area contributed by atoms with E-state index in [1.165, 1.54) is 4.88 Å². The van der Waals surface area contributed by atoms with Gasteiger partial charge in [-0.25, -0.2) is 4.79 Å². The first-order valence-electron chi connectivity index (χ1n) is 6.25. The van der Waals surface area contributed by atoms with Crippen molar-refractivity contribution in [3.63, 3.8) is 0 Å². The maximum Gasteiger partial charge on any atom is 0.317 e. The van der Waals surface area contributed by atoms with Gasteiger partial charge in [-0.2, -0.15) is 0 Å². The molecule has 1 aromatic heterocycles. The van der Waals surface area contributed by atoms with Crippen LogP contribution in [0.5, 0.6) is 0 Å². The van der Waals surface area contributed by atoms with Gasteiger partial charge < -0.3 is 15.3 Å². The zero-order valence-corrected chi connectivity index (χ0v) is 12.1. The summed E-state index contributed by atoms with van der Waals surface area (Å²) in [6.07, 6.45) is 1.28. The number of nitrogens with zero attached hydrogens (tertiary/aromatic N) is 1. The van der Waals surface area contributed by atoms with Crippen LogP contribution >= 0.6 is 11.3 Å². The summed E-state index contributed by atoms with van der Waals surface area (Å²) in [5.74, 6) is -1.27. The number of carboxylic acid groups (broad SMARTS) is 1. The first-order valence-corrected chi connectivity index (χ1v) is 7.13. The number of carbonyl (C=O) groups is 2. The van der Waals surface area contributed by atoms with Crippen molar-refractivity contribution >= 4 is 23.3 Å².